The summed E-state index contributed by atoms with van der Waals surface area (Å²) in [6.07, 6.45) is 3.47. The van der Waals surface area contributed by atoms with Crippen LogP contribution in [0.3, 0.4) is 0 Å². The molecule has 4 atom stereocenters. The Hall–Kier alpha value is -3.22. The summed E-state index contributed by atoms with van der Waals surface area (Å²) in [4.78, 5) is 17.0. The molecule has 4 aromatic rings. The van der Waals surface area contributed by atoms with E-state index in [0.29, 0.717) is 35.9 Å². The van der Waals surface area contributed by atoms with E-state index in [-0.39, 0.29) is 22.9 Å². The zero-order valence-electron chi connectivity index (χ0n) is 28.6. The molecular formula is C41H46Cl2FNO2Si. The number of hydrogen-bond acceptors (Lipinski definition) is 2. The maximum Gasteiger partial charge on any atom is 0.261 e. The van der Waals surface area contributed by atoms with Crippen molar-refractivity contribution >= 4 is 47.8 Å². The van der Waals surface area contributed by atoms with Crippen LogP contribution in [-0.4, -0.2) is 31.8 Å². The lowest BCUT2D eigenvalue weighted by Crippen LogP contribution is -2.67. The van der Waals surface area contributed by atoms with Crippen molar-refractivity contribution in [1.82, 2.24) is 4.90 Å². The number of piperidine rings is 1. The topological polar surface area (TPSA) is 29.5 Å². The summed E-state index contributed by atoms with van der Waals surface area (Å²) in [5.74, 6) is -0.605. The Morgan fingerprint density at radius 3 is 2.02 bits per heavy atom. The Balaban J connectivity index is 1.68. The summed E-state index contributed by atoms with van der Waals surface area (Å²) in [6.45, 7) is 15.2. The van der Waals surface area contributed by atoms with Crippen LogP contribution in [-0.2, 0) is 9.22 Å². The molecule has 0 aliphatic carbocycles. The van der Waals surface area contributed by atoms with Gasteiger partial charge in [-0.25, -0.2) is 4.39 Å². The standard InChI is InChI=1S/C41H46Cl2FNO2Si/c1-7-23-41(6)27-37(30-24-32(43)26-33(44)25-30)38(29-19-21-31(42)22-20-29)45(39(41)46)34(8-2)28-47-48(40(3,4)5,35-15-11-9-12-16-35)36-17-13-10-14-18-36/h7,9-22,24-26,34,37-38H,1,8,23,27-28H2,2-6H3/t34?,37-,38-,41+/m1/s1. The van der Waals surface area contributed by atoms with Crippen molar-refractivity contribution in [3.05, 3.63) is 143 Å². The molecule has 1 amide bonds. The van der Waals surface area contributed by atoms with Crippen molar-refractivity contribution < 1.29 is 13.6 Å². The molecule has 0 aromatic heterocycles. The molecular weight excluding hydrogens is 656 g/mol. The van der Waals surface area contributed by atoms with E-state index in [2.05, 4.69) is 82.8 Å². The lowest BCUT2D eigenvalue weighted by molar-refractivity contribution is -0.155. The fraction of sp³-hybridized carbons (Fsp3) is 0.341. The van der Waals surface area contributed by atoms with Crippen LogP contribution in [0.1, 0.15) is 77.0 Å². The molecule has 7 heteroatoms. The number of hydrogen-bond donors (Lipinski definition) is 0. The molecule has 1 heterocycles. The molecule has 1 aliphatic heterocycles. The van der Waals surface area contributed by atoms with Gasteiger partial charge in [0.2, 0.25) is 5.91 Å². The van der Waals surface area contributed by atoms with Crippen molar-refractivity contribution in [1.29, 1.82) is 0 Å². The zero-order chi connectivity index (χ0) is 34.7. The highest BCUT2D eigenvalue weighted by Gasteiger charge is 2.53. The fourth-order valence-electron chi connectivity index (χ4n) is 7.72. The van der Waals surface area contributed by atoms with Gasteiger partial charge in [0.1, 0.15) is 5.82 Å². The van der Waals surface area contributed by atoms with Gasteiger partial charge in [-0.15, -0.1) is 6.58 Å². The second kappa shape index (κ2) is 14.7. The molecule has 3 nitrogen and oxygen atoms in total. The monoisotopic (exact) mass is 701 g/mol. The van der Waals surface area contributed by atoms with Crippen LogP contribution < -0.4 is 10.4 Å². The second-order valence-electron chi connectivity index (χ2n) is 14.3. The van der Waals surface area contributed by atoms with E-state index < -0.39 is 25.6 Å². The minimum atomic E-state index is -2.91. The van der Waals surface area contributed by atoms with Gasteiger partial charge >= 0.3 is 0 Å². The lowest BCUT2D eigenvalue weighted by Gasteiger charge is -2.53. The zero-order valence-corrected chi connectivity index (χ0v) is 31.1. The number of nitrogens with zero attached hydrogens (tertiary/aromatic N) is 1. The first-order valence-corrected chi connectivity index (χ1v) is 19.4. The summed E-state index contributed by atoms with van der Waals surface area (Å²) < 4.78 is 22.4. The molecule has 0 N–H and O–H groups in total. The van der Waals surface area contributed by atoms with Gasteiger partial charge in [-0.2, -0.15) is 0 Å². The molecule has 1 unspecified atom stereocenters. The molecule has 0 saturated carbocycles. The van der Waals surface area contributed by atoms with E-state index >= 15 is 0 Å². The number of carbonyl (C=O) groups excluding carboxylic acids is 1. The number of likely N-dealkylation sites (tertiary alicyclic amines) is 1. The molecule has 0 spiro atoms. The van der Waals surface area contributed by atoms with Gasteiger partial charge in [-0.3, -0.25) is 4.79 Å². The van der Waals surface area contributed by atoms with Gasteiger partial charge in [0.05, 0.1) is 24.1 Å². The summed E-state index contributed by atoms with van der Waals surface area (Å²) in [7, 11) is -2.91. The normalized spacial score (nSPS) is 20.8. The summed E-state index contributed by atoms with van der Waals surface area (Å²) in [6, 6.07) is 32.8. The molecule has 0 bridgehead atoms. The average Bonchev–Trinajstić information content (AvgIpc) is 3.05. The molecule has 1 saturated heterocycles. The van der Waals surface area contributed by atoms with Crippen molar-refractivity contribution in [2.24, 2.45) is 5.41 Å². The van der Waals surface area contributed by atoms with Crippen LogP contribution in [0.4, 0.5) is 4.39 Å². The third-order valence-corrected chi connectivity index (χ3v) is 15.5. The maximum absolute atomic E-state index is 15.0. The summed E-state index contributed by atoms with van der Waals surface area (Å²) in [5.41, 5.74) is 0.928. The Labute approximate surface area is 296 Å². The Morgan fingerprint density at radius 1 is 0.938 bits per heavy atom. The van der Waals surface area contributed by atoms with Crippen LogP contribution in [0.5, 0.6) is 0 Å². The first-order valence-electron chi connectivity index (χ1n) is 16.7. The van der Waals surface area contributed by atoms with Gasteiger partial charge in [-0.1, -0.05) is 137 Å². The maximum atomic E-state index is 15.0. The number of allylic oxidation sites excluding steroid dienone is 1. The van der Waals surface area contributed by atoms with Crippen LogP contribution >= 0.6 is 23.2 Å². The van der Waals surface area contributed by atoms with Gasteiger partial charge in [0, 0.05) is 16.0 Å². The number of amides is 1. The van der Waals surface area contributed by atoms with Crippen molar-refractivity contribution in [2.75, 3.05) is 6.61 Å². The van der Waals surface area contributed by atoms with Crippen molar-refractivity contribution in [3.8, 4) is 0 Å². The third kappa shape index (κ3) is 7.07. The second-order valence-corrected chi connectivity index (χ2v) is 19.5. The van der Waals surface area contributed by atoms with E-state index in [1.807, 2.05) is 60.4 Å². The first-order chi connectivity index (χ1) is 22.8. The van der Waals surface area contributed by atoms with Gasteiger partial charge in [0.25, 0.3) is 8.32 Å². The van der Waals surface area contributed by atoms with E-state index in [1.54, 1.807) is 6.07 Å². The first kappa shape index (κ1) is 36.1. The molecule has 0 radical (unpaired) electrons. The molecule has 1 fully saturated rings. The fourth-order valence-corrected chi connectivity index (χ4v) is 12.7. The summed E-state index contributed by atoms with van der Waals surface area (Å²) in [5, 5.41) is 3.07. The Kier molecular flexibility index (Phi) is 11.1. The Morgan fingerprint density at radius 2 is 1.52 bits per heavy atom. The minimum Gasteiger partial charge on any atom is -0.405 e. The molecule has 48 heavy (non-hydrogen) atoms. The van der Waals surface area contributed by atoms with Crippen LogP contribution in [0.15, 0.2) is 116 Å². The van der Waals surface area contributed by atoms with E-state index in [1.165, 1.54) is 16.4 Å². The van der Waals surface area contributed by atoms with Crippen molar-refractivity contribution in [3.63, 3.8) is 0 Å². The number of carbonyl (C=O) groups is 1. The van der Waals surface area contributed by atoms with Gasteiger partial charge in [0.15, 0.2) is 0 Å². The number of rotatable bonds is 11. The Bertz CT molecular complexity index is 1650. The van der Waals surface area contributed by atoms with Crippen LogP contribution in [0, 0.1) is 11.2 Å². The van der Waals surface area contributed by atoms with Crippen molar-refractivity contribution in [2.45, 2.75) is 76.9 Å². The van der Waals surface area contributed by atoms with E-state index in [9.17, 15) is 9.18 Å². The highest BCUT2D eigenvalue weighted by atomic mass is 35.5. The lowest BCUT2D eigenvalue weighted by atomic mass is 9.67. The summed E-state index contributed by atoms with van der Waals surface area (Å²) >= 11 is 12.8. The quantitative estimate of drug-likeness (QED) is 0.115. The van der Waals surface area contributed by atoms with E-state index in [4.69, 9.17) is 27.6 Å². The predicted octanol–water partition coefficient (Wildman–Crippen LogP) is 10.1. The SMILES string of the molecule is C=CC[C@@]1(C)C[C@H](c2cc(F)cc(Cl)c2)[C@@H](c2ccc(Cl)cc2)N(C(CC)CO[Si](c2ccccc2)(c2ccccc2)C(C)(C)C)C1=O. The minimum absolute atomic E-state index is 0.0407. The smallest absolute Gasteiger partial charge is 0.261 e. The molecule has 252 valence electrons. The van der Waals surface area contributed by atoms with E-state index in [0.717, 1.165) is 11.1 Å². The molecule has 4 aromatic carbocycles. The highest BCUT2D eigenvalue weighted by molar-refractivity contribution is 6.99. The van der Waals surface area contributed by atoms with Crippen LogP contribution in [0.2, 0.25) is 15.1 Å². The number of halogens is 3. The van der Waals surface area contributed by atoms with Gasteiger partial charge in [-0.05, 0) is 76.1 Å². The third-order valence-electron chi connectivity index (χ3n) is 10.00. The molecule has 5 rings (SSSR count). The average molecular weight is 703 g/mol. The largest absolute Gasteiger partial charge is 0.405 e. The van der Waals surface area contributed by atoms with Crippen LogP contribution in [0.25, 0.3) is 0 Å². The predicted molar refractivity (Wildman–Crippen MR) is 200 cm³/mol. The number of benzene rings is 4. The highest BCUT2D eigenvalue weighted by Crippen LogP contribution is 2.52. The molecule has 1 aliphatic rings. The van der Waals surface area contributed by atoms with Gasteiger partial charge < -0.3 is 9.33 Å².